The standard InChI is InChI=1S/C14H13Cl2FN4OS/c15-9-1-2-11(12-6-19-23-20-12)8(3-9)5-18-14(22)13-4-10(17)7-21(13)16/h1-3,6,10,13H,4-5,7H2,(H,18,22)/t10-,13+/m1/s1. The molecule has 3 rings (SSSR count). The van der Waals surface area contributed by atoms with Crippen LogP contribution in [-0.2, 0) is 11.3 Å². The van der Waals surface area contributed by atoms with Crippen molar-refractivity contribution in [3.05, 3.63) is 35.0 Å². The van der Waals surface area contributed by atoms with Gasteiger partial charge in [0.05, 0.1) is 17.9 Å². The van der Waals surface area contributed by atoms with E-state index in [9.17, 15) is 9.18 Å². The number of carbonyl (C=O) groups excluding carboxylic acids is 1. The second kappa shape index (κ2) is 7.09. The van der Waals surface area contributed by atoms with Crippen molar-refractivity contribution in [2.45, 2.75) is 25.2 Å². The summed E-state index contributed by atoms with van der Waals surface area (Å²) in [5, 5.41) is 3.35. The largest absolute Gasteiger partial charge is 0.351 e. The number of benzene rings is 1. The number of nitrogens with zero attached hydrogens (tertiary/aromatic N) is 3. The molecule has 0 aliphatic carbocycles. The van der Waals surface area contributed by atoms with E-state index in [1.54, 1.807) is 18.3 Å². The van der Waals surface area contributed by atoms with Crippen molar-refractivity contribution in [2.75, 3.05) is 6.54 Å². The van der Waals surface area contributed by atoms with Gasteiger partial charge in [0.2, 0.25) is 5.91 Å². The molecule has 9 heteroatoms. The smallest absolute Gasteiger partial charge is 0.239 e. The molecule has 2 atom stereocenters. The lowest BCUT2D eigenvalue weighted by molar-refractivity contribution is -0.124. The fraction of sp³-hybridized carbons (Fsp3) is 0.357. The maximum absolute atomic E-state index is 13.3. The van der Waals surface area contributed by atoms with Gasteiger partial charge in [-0.15, -0.1) is 0 Å². The molecule has 1 fully saturated rings. The Labute approximate surface area is 146 Å². The van der Waals surface area contributed by atoms with E-state index in [4.69, 9.17) is 23.4 Å². The van der Waals surface area contributed by atoms with Gasteiger partial charge in [-0.2, -0.15) is 8.75 Å². The fourth-order valence-electron chi connectivity index (χ4n) is 2.52. The molecule has 5 nitrogen and oxygen atoms in total. The summed E-state index contributed by atoms with van der Waals surface area (Å²) in [6, 6.07) is 4.70. The Morgan fingerprint density at radius 2 is 2.35 bits per heavy atom. The van der Waals surface area contributed by atoms with Crippen LogP contribution in [0.4, 0.5) is 4.39 Å². The molecule has 1 saturated heterocycles. The number of amides is 1. The van der Waals surface area contributed by atoms with Crippen LogP contribution in [0.15, 0.2) is 24.4 Å². The zero-order valence-electron chi connectivity index (χ0n) is 11.9. The molecule has 1 N–H and O–H groups in total. The molecule has 1 aromatic carbocycles. The van der Waals surface area contributed by atoms with Gasteiger partial charge in [-0.05, 0) is 29.5 Å². The van der Waals surface area contributed by atoms with E-state index in [0.29, 0.717) is 5.02 Å². The molecule has 2 aromatic rings. The molecular weight excluding hydrogens is 362 g/mol. The van der Waals surface area contributed by atoms with E-state index < -0.39 is 12.2 Å². The summed E-state index contributed by atoms with van der Waals surface area (Å²) in [5.41, 5.74) is 2.38. The third kappa shape index (κ3) is 3.80. The highest BCUT2D eigenvalue weighted by Gasteiger charge is 2.36. The first-order valence-electron chi connectivity index (χ1n) is 6.95. The molecule has 1 aromatic heterocycles. The van der Waals surface area contributed by atoms with Gasteiger partial charge >= 0.3 is 0 Å². The average molecular weight is 375 g/mol. The monoisotopic (exact) mass is 374 g/mol. The predicted octanol–water partition coefficient (Wildman–Crippen LogP) is 3.04. The average Bonchev–Trinajstić information content (AvgIpc) is 3.14. The Hall–Kier alpha value is -1.28. The number of aromatic nitrogens is 2. The van der Waals surface area contributed by atoms with Crippen LogP contribution in [0.2, 0.25) is 5.02 Å². The summed E-state index contributed by atoms with van der Waals surface area (Å²) in [7, 11) is 0. The third-order valence-electron chi connectivity index (χ3n) is 3.65. The van der Waals surface area contributed by atoms with Crippen molar-refractivity contribution in [3.8, 4) is 11.3 Å². The molecule has 0 bridgehead atoms. The van der Waals surface area contributed by atoms with Gasteiger partial charge in [0.15, 0.2) is 0 Å². The van der Waals surface area contributed by atoms with Crippen molar-refractivity contribution < 1.29 is 9.18 Å². The van der Waals surface area contributed by atoms with Gasteiger partial charge in [-0.1, -0.05) is 17.7 Å². The fourth-order valence-corrected chi connectivity index (χ4v) is 3.46. The number of nitrogens with one attached hydrogen (secondary N) is 1. The minimum atomic E-state index is -1.08. The van der Waals surface area contributed by atoms with Gasteiger partial charge in [-0.3, -0.25) is 4.79 Å². The van der Waals surface area contributed by atoms with Crippen molar-refractivity contribution in [1.82, 2.24) is 18.5 Å². The third-order valence-corrected chi connectivity index (χ3v) is 4.74. The molecule has 23 heavy (non-hydrogen) atoms. The minimum Gasteiger partial charge on any atom is -0.351 e. The lowest BCUT2D eigenvalue weighted by Crippen LogP contribution is -2.39. The normalized spacial score (nSPS) is 21.5. The summed E-state index contributed by atoms with van der Waals surface area (Å²) in [6.45, 7) is 0.316. The van der Waals surface area contributed by atoms with E-state index in [1.165, 1.54) is 4.42 Å². The summed E-state index contributed by atoms with van der Waals surface area (Å²) >= 11 is 13.0. The number of alkyl halides is 1. The SMILES string of the molecule is O=C(NCc1cc(Cl)ccc1-c1cnsn1)[C@@H]1C[C@@H](F)CN1Cl. The molecule has 0 radical (unpaired) electrons. The quantitative estimate of drug-likeness (QED) is 0.835. The molecule has 1 aliphatic rings. The van der Waals surface area contributed by atoms with Crippen LogP contribution in [0.25, 0.3) is 11.3 Å². The van der Waals surface area contributed by atoms with Crippen LogP contribution < -0.4 is 5.32 Å². The van der Waals surface area contributed by atoms with E-state index in [2.05, 4.69) is 14.1 Å². The van der Waals surface area contributed by atoms with Crippen LogP contribution in [0.3, 0.4) is 0 Å². The number of carbonyl (C=O) groups is 1. The summed E-state index contributed by atoms with van der Waals surface area (Å²) < 4.78 is 22.7. The first-order chi connectivity index (χ1) is 11.0. The Morgan fingerprint density at radius 1 is 1.52 bits per heavy atom. The maximum Gasteiger partial charge on any atom is 0.239 e. The molecule has 1 amide bonds. The Bertz CT molecular complexity index is 700. The summed E-state index contributed by atoms with van der Waals surface area (Å²) in [6.07, 6.45) is 0.684. The zero-order chi connectivity index (χ0) is 16.4. The van der Waals surface area contributed by atoms with Gasteiger partial charge in [-0.25, -0.2) is 8.81 Å². The highest BCUT2D eigenvalue weighted by atomic mass is 35.5. The molecular formula is C14H13Cl2FN4OS. The zero-order valence-corrected chi connectivity index (χ0v) is 14.2. The predicted molar refractivity (Wildman–Crippen MR) is 88.1 cm³/mol. The number of halogens is 3. The first kappa shape index (κ1) is 16.6. The Morgan fingerprint density at radius 3 is 3.00 bits per heavy atom. The minimum absolute atomic E-state index is 0.0621. The van der Waals surface area contributed by atoms with Crippen LogP contribution in [0.5, 0.6) is 0 Å². The molecule has 0 saturated carbocycles. The van der Waals surface area contributed by atoms with E-state index in [-0.39, 0.29) is 25.4 Å². The summed E-state index contributed by atoms with van der Waals surface area (Å²) in [5.74, 6) is -0.303. The second-order valence-electron chi connectivity index (χ2n) is 5.24. The summed E-state index contributed by atoms with van der Waals surface area (Å²) in [4.78, 5) is 12.2. The number of hydrogen-bond acceptors (Lipinski definition) is 5. The van der Waals surface area contributed by atoms with Crippen LogP contribution in [-0.4, -0.2) is 37.8 Å². The number of rotatable bonds is 4. The van der Waals surface area contributed by atoms with E-state index in [0.717, 1.165) is 28.5 Å². The maximum atomic E-state index is 13.3. The van der Waals surface area contributed by atoms with Crippen molar-refractivity contribution in [2.24, 2.45) is 0 Å². The highest BCUT2D eigenvalue weighted by molar-refractivity contribution is 6.99. The molecule has 0 unspecified atom stereocenters. The Balaban J connectivity index is 1.73. The topological polar surface area (TPSA) is 58.1 Å². The van der Waals surface area contributed by atoms with Crippen LogP contribution >= 0.6 is 35.1 Å². The number of hydrogen-bond donors (Lipinski definition) is 1. The van der Waals surface area contributed by atoms with Crippen molar-refractivity contribution >= 4 is 41.0 Å². The van der Waals surface area contributed by atoms with Crippen LogP contribution in [0, 0.1) is 0 Å². The first-order valence-corrected chi connectivity index (χ1v) is 8.40. The Kier molecular flexibility index (Phi) is 5.11. The molecule has 122 valence electrons. The lowest BCUT2D eigenvalue weighted by atomic mass is 10.0. The molecule has 2 heterocycles. The highest BCUT2D eigenvalue weighted by Crippen LogP contribution is 2.26. The van der Waals surface area contributed by atoms with E-state index >= 15 is 0 Å². The molecule has 1 aliphatic heterocycles. The van der Waals surface area contributed by atoms with Gasteiger partial charge in [0.25, 0.3) is 0 Å². The van der Waals surface area contributed by atoms with Crippen molar-refractivity contribution in [3.63, 3.8) is 0 Å². The van der Waals surface area contributed by atoms with Gasteiger partial charge in [0.1, 0.15) is 17.9 Å². The van der Waals surface area contributed by atoms with E-state index in [1.807, 2.05) is 6.07 Å². The molecule has 0 spiro atoms. The van der Waals surface area contributed by atoms with Gasteiger partial charge < -0.3 is 5.32 Å². The second-order valence-corrected chi connectivity index (χ2v) is 6.67. The van der Waals surface area contributed by atoms with Crippen molar-refractivity contribution in [1.29, 1.82) is 0 Å². The van der Waals surface area contributed by atoms with Crippen LogP contribution in [0.1, 0.15) is 12.0 Å². The van der Waals surface area contributed by atoms with Gasteiger partial charge in [0, 0.05) is 30.1 Å². The lowest BCUT2D eigenvalue weighted by Gasteiger charge is -2.16.